The molecule has 0 unspecified atom stereocenters. The number of hydrazone groups is 1. The molecule has 0 atom stereocenters. The van der Waals surface area contributed by atoms with Crippen LogP contribution in [-0.2, 0) is 16.0 Å². The molecule has 0 aromatic heterocycles. The lowest BCUT2D eigenvalue weighted by Crippen LogP contribution is -2.43. The Bertz CT molecular complexity index is 613. The van der Waals surface area contributed by atoms with Crippen LogP contribution in [0.5, 0.6) is 0 Å². The summed E-state index contributed by atoms with van der Waals surface area (Å²) in [7, 11) is 5.60. The molecule has 0 fully saturated rings. The van der Waals surface area contributed by atoms with Gasteiger partial charge in [0.1, 0.15) is 5.71 Å². The van der Waals surface area contributed by atoms with Gasteiger partial charge in [-0.25, -0.2) is 5.01 Å². The first-order chi connectivity index (χ1) is 12.0. The number of hydrogen-bond donors (Lipinski definition) is 0. The Labute approximate surface area is 150 Å². The molecule has 0 bridgehead atoms. The van der Waals surface area contributed by atoms with E-state index in [1.165, 1.54) is 10.6 Å². The predicted molar refractivity (Wildman–Crippen MR) is 99.3 cm³/mol. The number of hydrogen-bond acceptors (Lipinski definition) is 4. The number of rotatable bonds is 8. The summed E-state index contributed by atoms with van der Waals surface area (Å²) in [6.45, 7) is 2.16. The van der Waals surface area contributed by atoms with E-state index >= 15 is 0 Å². The molecule has 0 radical (unpaired) electrons. The van der Waals surface area contributed by atoms with Gasteiger partial charge in [0, 0.05) is 39.5 Å². The van der Waals surface area contributed by atoms with Gasteiger partial charge in [-0.2, -0.15) is 5.10 Å². The maximum atomic E-state index is 12.8. The van der Waals surface area contributed by atoms with Crippen LogP contribution in [0.4, 0.5) is 0 Å². The predicted octanol–water partition coefficient (Wildman–Crippen LogP) is 1.62. The molecule has 136 valence electrons. The topological polar surface area (TPSA) is 56.2 Å². The minimum atomic E-state index is -0.0470. The fraction of sp³-hybridized carbons (Fsp3) is 0.526. The highest BCUT2D eigenvalue weighted by Crippen LogP contribution is 2.11. The smallest absolute Gasteiger partial charge is 0.270 e. The van der Waals surface area contributed by atoms with Crippen molar-refractivity contribution in [2.75, 3.05) is 40.8 Å². The van der Waals surface area contributed by atoms with Crippen LogP contribution in [0.2, 0.25) is 0 Å². The van der Waals surface area contributed by atoms with Crippen LogP contribution in [0.25, 0.3) is 0 Å². The molecule has 0 N–H and O–H groups in total. The van der Waals surface area contributed by atoms with Crippen molar-refractivity contribution in [2.24, 2.45) is 5.10 Å². The summed E-state index contributed by atoms with van der Waals surface area (Å²) in [5.41, 5.74) is 1.77. The van der Waals surface area contributed by atoms with Crippen LogP contribution in [0, 0.1) is 0 Å². The third-order valence-electron chi connectivity index (χ3n) is 4.29. The van der Waals surface area contributed by atoms with E-state index < -0.39 is 0 Å². The molecule has 1 aliphatic heterocycles. The summed E-state index contributed by atoms with van der Waals surface area (Å²) in [4.78, 5) is 28.3. The van der Waals surface area contributed by atoms with Crippen molar-refractivity contribution in [1.82, 2.24) is 14.8 Å². The number of carbonyl (C=O) groups is 2. The molecular weight excluding hydrogens is 316 g/mol. The number of likely N-dealkylation sites (N-methyl/N-ethyl adjacent to an activating group) is 1. The minimum absolute atomic E-state index is 0.0412. The lowest BCUT2D eigenvalue weighted by molar-refractivity contribution is -0.130. The second kappa shape index (κ2) is 9.32. The molecule has 6 heteroatoms. The lowest BCUT2D eigenvalue weighted by Gasteiger charge is -2.27. The quantitative estimate of drug-likeness (QED) is 0.720. The van der Waals surface area contributed by atoms with E-state index in [1.807, 2.05) is 37.2 Å². The van der Waals surface area contributed by atoms with Gasteiger partial charge in [-0.05, 0) is 32.5 Å². The van der Waals surface area contributed by atoms with Crippen molar-refractivity contribution in [1.29, 1.82) is 0 Å². The molecule has 25 heavy (non-hydrogen) atoms. The zero-order valence-corrected chi connectivity index (χ0v) is 15.4. The Morgan fingerprint density at radius 3 is 2.48 bits per heavy atom. The highest BCUT2D eigenvalue weighted by molar-refractivity contribution is 6.39. The van der Waals surface area contributed by atoms with Gasteiger partial charge in [-0.3, -0.25) is 9.59 Å². The highest BCUT2D eigenvalue weighted by Gasteiger charge is 2.25. The zero-order valence-electron chi connectivity index (χ0n) is 15.4. The van der Waals surface area contributed by atoms with Crippen molar-refractivity contribution >= 4 is 17.5 Å². The van der Waals surface area contributed by atoms with E-state index in [0.717, 1.165) is 19.4 Å². The fourth-order valence-electron chi connectivity index (χ4n) is 2.76. The van der Waals surface area contributed by atoms with Gasteiger partial charge >= 0.3 is 0 Å². The SMILES string of the molecule is CN(C)CCN(CCCc1ccccc1)C(=O)C1=NN(C)C(=O)CC1. The average molecular weight is 344 g/mol. The number of amides is 2. The molecule has 6 nitrogen and oxygen atoms in total. The Balaban J connectivity index is 1.97. The van der Waals surface area contributed by atoms with Crippen LogP contribution in [-0.4, -0.2) is 73.1 Å². The van der Waals surface area contributed by atoms with E-state index in [4.69, 9.17) is 0 Å². The monoisotopic (exact) mass is 344 g/mol. The van der Waals surface area contributed by atoms with Crippen molar-refractivity contribution in [3.05, 3.63) is 35.9 Å². The van der Waals surface area contributed by atoms with Crippen molar-refractivity contribution in [3.8, 4) is 0 Å². The zero-order chi connectivity index (χ0) is 18.2. The van der Waals surface area contributed by atoms with Gasteiger partial charge in [-0.15, -0.1) is 0 Å². The lowest BCUT2D eigenvalue weighted by atomic mass is 10.1. The summed E-state index contributed by atoms with van der Waals surface area (Å²) in [6, 6.07) is 10.3. The van der Waals surface area contributed by atoms with E-state index in [9.17, 15) is 9.59 Å². The molecule has 2 amide bonds. The van der Waals surface area contributed by atoms with Gasteiger partial charge in [0.05, 0.1) is 0 Å². The van der Waals surface area contributed by atoms with E-state index in [-0.39, 0.29) is 11.8 Å². The number of nitrogens with zero attached hydrogens (tertiary/aromatic N) is 4. The number of benzene rings is 1. The number of carbonyl (C=O) groups excluding carboxylic acids is 2. The van der Waals surface area contributed by atoms with Gasteiger partial charge in [0.25, 0.3) is 5.91 Å². The number of aryl methyl sites for hydroxylation is 1. The molecule has 1 aliphatic rings. The normalized spacial score (nSPS) is 14.6. The Morgan fingerprint density at radius 1 is 1.12 bits per heavy atom. The standard InChI is InChI=1S/C19H28N4O2/c1-21(2)14-15-23(13-7-10-16-8-5-4-6-9-16)19(25)17-11-12-18(24)22(3)20-17/h4-6,8-9H,7,10-15H2,1-3H3. The van der Waals surface area contributed by atoms with Crippen molar-refractivity contribution in [2.45, 2.75) is 25.7 Å². The van der Waals surface area contributed by atoms with Gasteiger partial charge < -0.3 is 9.80 Å². The van der Waals surface area contributed by atoms with Crippen molar-refractivity contribution < 1.29 is 9.59 Å². The molecule has 0 aliphatic carbocycles. The van der Waals surface area contributed by atoms with Crippen LogP contribution in [0.1, 0.15) is 24.8 Å². The Morgan fingerprint density at radius 2 is 1.84 bits per heavy atom. The molecule has 1 heterocycles. The van der Waals surface area contributed by atoms with Gasteiger partial charge in [0.15, 0.2) is 0 Å². The Kier molecular flexibility index (Phi) is 7.13. The first-order valence-corrected chi connectivity index (χ1v) is 8.79. The molecule has 1 aromatic rings. The maximum Gasteiger partial charge on any atom is 0.270 e. The molecule has 1 aromatic carbocycles. The fourth-order valence-corrected chi connectivity index (χ4v) is 2.76. The van der Waals surface area contributed by atoms with Crippen LogP contribution < -0.4 is 0 Å². The van der Waals surface area contributed by atoms with Gasteiger partial charge in [-0.1, -0.05) is 30.3 Å². The van der Waals surface area contributed by atoms with E-state index in [0.29, 0.717) is 31.6 Å². The molecule has 0 spiro atoms. The van der Waals surface area contributed by atoms with Gasteiger partial charge in [0.2, 0.25) is 5.91 Å². The third kappa shape index (κ3) is 5.98. The van der Waals surface area contributed by atoms with E-state index in [2.05, 4.69) is 22.1 Å². The minimum Gasteiger partial charge on any atom is -0.336 e. The Hall–Kier alpha value is -2.21. The van der Waals surface area contributed by atoms with Crippen LogP contribution in [0.15, 0.2) is 35.4 Å². The summed E-state index contributed by atoms with van der Waals surface area (Å²) >= 11 is 0. The summed E-state index contributed by atoms with van der Waals surface area (Å²) in [5, 5.41) is 5.46. The van der Waals surface area contributed by atoms with Crippen LogP contribution >= 0.6 is 0 Å². The second-order valence-corrected chi connectivity index (χ2v) is 6.65. The summed E-state index contributed by atoms with van der Waals surface area (Å²) in [6.07, 6.45) is 2.63. The maximum absolute atomic E-state index is 12.8. The summed E-state index contributed by atoms with van der Waals surface area (Å²) < 4.78 is 0. The van der Waals surface area contributed by atoms with Crippen molar-refractivity contribution in [3.63, 3.8) is 0 Å². The van der Waals surface area contributed by atoms with Crippen LogP contribution in [0.3, 0.4) is 0 Å². The average Bonchev–Trinajstić information content (AvgIpc) is 2.60. The molecule has 2 rings (SSSR count). The second-order valence-electron chi connectivity index (χ2n) is 6.65. The first-order valence-electron chi connectivity index (χ1n) is 8.79. The highest BCUT2D eigenvalue weighted by atomic mass is 16.2. The summed E-state index contributed by atoms with van der Waals surface area (Å²) in [5.74, 6) is -0.0882. The molecule has 0 saturated heterocycles. The third-order valence-corrected chi connectivity index (χ3v) is 4.29. The molecule has 0 saturated carbocycles. The molecular formula is C19H28N4O2. The largest absolute Gasteiger partial charge is 0.336 e. The first kappa shape index (κ1) is 19.1. The van der Waals surface area contributed by atoms with E-state index in [1.54, 1.807) is 7.05 Å².